The Kier molecular flexibility index (Phi) is 9.08. The van der Waals surface area contributed by atoms with Crippen LogP contribution in [0.4, 0.5) is 5.69 Å². The average Bonchev–Trinajstić information content (AvgIpc) is 3.42. The first-order valence-corrected chi connectivity index (χ1v) is 14.5. The van der Waals surface area contributed by atoms with Gasteiger partial charge in [-0.3, -0.25) is 13.9 Å². The summed E-state index contributed by atoms with van der Waals surface area (Å²) in [6, 6.07) is 22.7. The monoisotopic (exact) mass is 551 g/mol. The van der Waals surface area contributed by atoms with Crippen LogP contribution >= 0.6 is 0 Å². The van der Waals surface area contributed by atoms with Gasteiger partial charge < -0.3 is 19.7 Å². The third kappa shape index (κ3) is 6.88. The van der Waals surface area contributed by atoms with Gasteiger partial charge in [0.05, 0.1) is 11.4 Å². The predicted octanol–water partition coefficient (Wildman–Crippen LogP) is 3.35. The topological polar surface area (TPSA) is 105 Å². The van der Waals surface area contributed by atoms with Crippen molar-refractivity contribution >= 4 is 27.5 Å². The molecule has 1 aliphatic rings. The largest absolute Gasteiger partial charge is 0.454 e. The van der Waals surface area contributed by atoms with Gasteiger partial charge in [0, 0.05) is 25.6 Å². The van der Waals surface area contributed by atoms with Gasteiger partial charge in [0.1, 0.15) is 12.6 Å². The van der Waals surface area contributed by atoms with Crippen molar-refractivity contribution in [2.24, 2.45) is 0 Å². The minimum absolute atomic E-state index is 0.0385. The second kappa shape index (κ2) is 12.7. The quantitative estimate of drug-likeness (QED) is 0.370. The van der Waals surface area contributed by atoms with Gasteiger partial charge in [-0.15, -0.1) is 0 Å². The van der Waals surface area contributed by atoms with Crippen molar-refractivity contribution in [1.29, 1.82) is 0 Å². The minimum Gasteiger partial charge on any atom is -0.454 e. The highest BCUT2D eigenvalue weighted by Crippen LogP contribution is 2.36. The molecule has 1 heterocycles. The number of hydrogen-bond acceptors (Lipinski definition) is 6. The van der Waals surface area contributed by atoms with E-state index in [0.29, 0.717) is 18.0 Å². The lowest BCUT2D eigenvalue weighted by atomic mass is 10.0. The number of fused-ring (bicyclic) bond motifs is 1. The SMILES string of the molecule is CCNC(=O)[C@@H](Cc1ccccc1)N(Cc1ccccc1)C(=O)CN(c1ccc2c(c1)OCO2)S(=O)(=O)CC. The van der Waals surface area contributed by atoms with Gasteiger partial charge in [-0.25, -0.2) is 8.42 Å². The fraction of sp³-hybridized carbons (Fsp3) is 0.310. The van der Waals surface area contributed by atoms with Gasteiger partial charge in [0.2, 0.25) is 28.6 Å². The number of sulfonamides is 1. The summed E-state index contributed by atoms with van der Waals surface area (Å²) in [5.41, 5.74) is 1.99. The molecule has 10 heteroatoms. The van der Waals surface area contributed by atoms with E-state index in [0.717, 1.165) is 15.4 Å². The number of nitrogens with zero attached hydrogens (tertiary/aromatic N) is 2. The normalized spacial score (nSPS) is 13.0. The van der Waals surface area contributed by atoms with Crippen molar-refractivity contribution in [3.8, 4) is 11.5 Å². The number of benzene rings is 3. The summed E-state index contributed by atoms with van der Waals surface area (Å²) < 4.78 is 38.3. The number of anilines is 1. The molecule has 0 saturated heterocycles. The Morgan fingerprint density at radius 1 is 0.897 bits per heavy atom. The predicted molar refractivity (Wildman–Crippen MR) is 149 cm³/mol. The lowest BCUT2D eigenvalue weighted by molar-refractivity contribution is -0.140. The molecule has 1 atom stereocenters. The van der Waals surface area contributed by atoms with Gasteiger partial charge in [-0.05, 0) is 37.1 Å². The lowest BCUT2D eigenvalue weighted by Crippen LogP contribution is -2.53. The molecular weight excluding hydrogens is 518 g/mol. The highest BCUT2D eigenvalue weighted by Gasteiger charge is 2.33. The van der Waals surface area contributed by atoms with Crippen molar-refractivity contribution in [2.45, 2.75) is 32.9 Å². The Bertz CT molecular complexity index is 1380. The third-order valence-electron chi connectivity index (χ3n) is 6.44. The molecule has 0 aliphatic carbocycles. The highest BCUT2D eigenvalue weighted by atomic mass is 32.2. The number of carbonyl (C=O) groups is 2. The number of rotatable bonds is 12. The molecule has 3 aromatic carbocycles. The van der Waals surface area contributed by atoms with Crippen LogP contribution in [0.5, 0.6) is 11.5 Å². The van der Waals surface area contributed by atoms with E-state index in [1.807, 2.05) is 67.6 Å². The summed E-state index contributed by atoms with van der Waals surface area (Å²) in [6.07, 6.45) is 0.274. The van der Waals surface area contributed by atoms with Gasteiger partial charge in [0.25, 0.3) is 0 Å². The van der Waals surface area contributed by atoms with Crippen LogP contribution in [0, 0.1) is 0 Å². The van der Waals surface area contributed by atoms with Gasteiger partial charge in [0.15, 0.2) is 11.5 Å². The molecule has 0 radical (unpaired) electrons. The first kappa shape index (κ1) is 28.0. The second-order valence-corrected chi connectivity index (χ2v) is 11.2. The Labute approximate surface area is 229 Å². The number of likely N-dealkylation sites (N-methyl/N-ethyl adjacent to an activating group) is 1. The molecule has 3 aromatic rings. The van der Waals surface area contributed by atoms with Crippen LogP contribution in [-0.2, 0) is 32.6 Å². The summed E-state index contributed by atoms with van der Waals surface area (Å²) in [7, 11) is -3.86. The molecule has 0 fully saturated rings. The van der Waals surface area contributed by atoms with Crippen LogP contribution in [0.1, 0.15) is 25.0 Å². The standard InChI is InChI=1S/C29H33N3O6S/c1-3-30-29(34)25(17-22-11-7-5-8-12-22)31(19-23-13-9-6-10-14-23)28(33)20-32(39(35,36)4-2)24-15-16-26-27(18-24)38-21-37-26/h5-16,18,25H,3-4,17,19-21H2,1-2H3,(H,30,34)/t25-/m1/s1. The zero-order chi connectivity index (χ0) is 27.8. The Balaban J connectivity index is 1.72. The van der Waals surface area contributed by atoms with E-state index in [9.17, 15) is 18.0 Å². The van der Waals surface area contributed by atoms with E-state index in [-0.39, 0.29) is 37.1 Å². The molecule has 0 unspecified atom stereocenters. The van der Waals surface area contributed by atoms with Crippen LogP contribution in [0.15, 0.2) is 78.9 Å². The van der Waals surface area contributed by atoms with Gasteiger partial charge in [-0.2, -0.15) is 0 Å². The van der Waals surface area contributed by atoms with E-state index in [4.69, 9.17) is 9.47 Å². The molecule has 0 aromatic heterocycles. The summed E-state index contributed by atoms with van der Waals surface area (Å²) in [6.45, 7) is 3.43. The molecule has 1 aliphatic heterocycles. The first-order valence-electron chi connectivity index (χ1n) is 12.9. The average molecular weight is 552 g/mol. The summed E-state index contributed by atoms with van der Waals surface area (Å²) in [5, 5.41) is 2.85. The van der Waals surface area contributed by atoms with Gasteiger partial charge >= 0.3 is 0 Å². The summed E-state index contributed by atoms with van der Waals surface area (Å²) in [4.78, 5) is 28.9. The van der Waals surface area contributed by atoms with E-state index >= 15 is 0 Å². The van der Waals surface area contributed by atoms with Crippen LogP contribution in [-0.4, -0.2) is 56.8 Å². The Morgan fingerprint density at radius 2 is 1.54 bits per heavy atom. The molecule has 0 saturated carbocycles. The summed E-state index contributed by atoms with van der Waals surface area (Å²) in [5.74, 6) is -0.109. The molecule has 0 bridgehead atoms. The molecule has 2 amide bonds. The van der Waals surface area contributed by atoms with E-state index < -0.39 is 28.5 Å². The van der Waals surface area contributed by atoms with Crippen LogP contribution < -0.4 is 19.1 Å². The molecule has 9 nitrogen and oxygen atoms in total. The zero-order valence-electron chi connectivity index (χ0n) is 22.1. The number of nitrogens with one attached hydrogen (secondary N) is 1. The maximum absolute atomic E-state index is 14.1. The van der Waals surface area contributed by atoms with E-state index in [1.165, 1.54) is 11.8 Å². The van der Waals surface area contributed by atoms with Crippen molar-refractivity contribution in [3.05, 3.63) is 90.0 Å². The minimum atomic E-state index is -3.86. The second-order valence-electron chi connectivity index (χ2n) is 9.05. The third-order valence-corrected chi connectivity index (χ3v) is 8.18. The number of hydrogen-bond donors (Lipinski definition) is 1. The van der Waals surface area contributed by atoms with Crippen LogP contribution in [0.25, 0.3) is 0 Å². The molecule has 1 N–H and O–H groups in total. The molecule has 39 heavy (non-hydrogen) atoms. The Hall–Kier alpha value is -4.05. The Morgan fingerprint density at radius 3 is 2.18 bits per heavy atom. The lowest BCUT2D eigenvalue weighted by Gasteiger charge is -2.33. The van der Waals surface area contributed by atoms with Crippen molar-refractivity contribution in [2.75, 3.05) is 29.9 Å². The van der Waals surface area contributed by atoms with Crippen LogP contribution in [0.3, 0.4) is 0 Å². The fourth-order valence-electron chi connectivity index (χ4n) is 4.39. The van der Waals surface area contributed by atoms with Crippen molar-refractivity contribution in [1.82, 2.24) is 10.2 Å². The zero-order valence-corrected chi connectivity index (χ0v) is 22.9. The van der Waals surface area contributed by atoms with E-state index in [2.05, 4.69) is 5.32 Å². The number of amides is 2. The fourth-order valence-corrected chi connectivity index (χ4v) is 5.44. The van der Waals surface area contributed by atoms with E-state index in [1.54, 1.807) is 18.2 Å². The molecule has 206 valence electrons. The summed E-state index contributed by atoms with van der Waals surface area (Å²) >= 11 is 0. The maximum atomic E-state index is 14.1. The first-order chi connectivity index (χ1) is 18.8. The highest BCUT2D eigenvalue weighted by molar-refractivity contribution is 7.92. The smallest absolute Gasteiger partial charge is 0.244 e. The number of ether oxygens (including phenoxy) is 2. The van der Waals surface area contributed by atoms with Crippen molar-refractivity contribution < 1.29 is 27.5 Å². The maximum Gasteiger partial charge on any atom is 0.244 e. The molecule has 0 spiro atoms. The van der Waals surface area contributed by atoms with Gasteiger partial charge in [-0.1, -0.05) is 60.7 Å². The van der Waals surface area contributed by atoms with Crippen LogP contribution in [0.2, 0.25) is 0 Å². The number of carbonyl (C=O) groups excluding carboxylic acids is 2. The molecule has 4 rings (SSSR count). The molecular formula is C29H33N3O6S. The van der Waals surface area contributed by atoms with Crippen molar-refractivity contribution in [3.63, 3.8) is 0 Å².